The van der Waals surface area contributed by atoms with Crippen molar-refractivity contribution < 1.29 is 19.5 Å². The number of rotatable bonds is 4. The first-order chi connectivity index (χ1) is 13.6. The molecule has 0 unspecified atom stereocenters. The molecular formula is C21H24N4O4. The maximum absolute atomic E-state index is 12.0. The van der Waals surface area contributed by atoms with Gasteiger partial charge in [-0.15, -0.1) is 0 Å². The van der Waals surface area contributed by atoms with E-state index in [0.717, 1.165) is 10.3 Å². The number of imidazole rings is 1. The second-order valence-electron chi connectivity index (χ2n) is 7.72. The Morgan fingerprint density at radius 1 is 1.14 bits per heavy atom. The molecule has 3 aromatic rings. The van der Waals surface area contributed by atoms with Crippen LogP contribution in [0.5, 0.6) is 0 Å². The van der Waals surface area contributed by atoms with Crippen LogP contribution in [0.15, 0.2) is 42.5 Å². The highest BCUT2D eigenvalue weighted by atomic mass is 16.6. The van der Waals surface area contributed by atoms with Gasteiger partial charge in [0.2, 0.25) is 5.91 Å². The SMILES string of the molecule is Cc1ccc2nc(-c3ccc(NC(=O)CNC(=O)OC(C)(C)C)cc3)n(O)c2c1. The maximum atomic E-state index is 12.0. The summed E-state index contributed by atoms with van der Waals surface area (Å²) in [7, 11) is 0. The molecular weight excluding hydrogens is 372 g/mol. The Kier molecular flexibility index (Phi) is 5.45. The zero-order chi connectivity index (χ0) is 21.2. The molecule has 0 spiro atoms. The van der Waals surface area contributed by atoms with Gasteiger partial charge >= 0.3 is 6.09 Å². The molecule has 3 rings (SSSR count). The van der Waals surface area contributed by atoms with Crippen molar-refractivity contribution in [3.63, 3.8) is 0 Å². The lowest BCUT2D eigenvalue weighted by Crippen LogP contribution is -2.37. The third-order valence-corrected chi connectivity index (χ3v) is 4.01. The number of alkyl carbamates (subject to hydrolysis) is 1. The normalized spacial score (nSPS) is 11.3. The third kappa shape index (κ3) is 5.04. The minimum atomic E-state index is -0.653. The van der Waals surface area contributed by atoms with Crippen LogP contribution in [0, 0.1) is 6.92 Å². The average Bonchev–Trinajstić information content (AvgIpc) is 2.96. The van der Waals surface area contributed by atoms with Crippen LogP contribution < -0.4 is 10.6 Å². The minimum absolute atomic E-state index is 0.206. The maximum Gasteiger partial charge on any atom is 0.408 e. The predicted molar refractivity (Wildman–Crippen MR) is 110 cm³/mol. The summed E-state index contributed by atoms with van der Waals surface area (Å²) < 4.78 is 6.14. The highest BCUT2D eigenvalue weighted by Crippen LogP contribution is 2.25. The zero-order valence-corrected chi connectivity index (χ0v) is 16.8. The van der Waals surface area contributed by atoms with Crippen LogP contribution in [0.1, 0.15) is 26.3 Å². The lowest BCUT2D eigenvalue weighted by Gasteiger charge is -2.19. The average molecular weight is 396 g/mol. The smallest absolute Gasteiger partial charge is 0.408 e. The van der Waals surface area contributed by atoms with Gasteiger partial charge in [0.1, 0.15) is 17.7 Å². The van der Waals surface area contributed by atoms with Crippen LogP contribution in [0.3, 0.4) is 0 Å². The van der Waals surface area contributed by atoms with Gasteiger partial charge in [-0.3, -0.25) is 4.79 Å². The van der Waals surface area contributed by atoms with Gasteiger partial charge in [-0.05, 0) is 69.7 Å². The monoisotopic (exact) mass is 396 g/mol. The molecule has 0 saturated heterocycles. The lowest BCUT2D eigenvalue weighted by atomic mass is 10.2. The summed E-state index contributed by atoms with van der Waals surface area (Å²) in [5, 5.41) is 15.5. The van der Waals surface area contributed by atoms with Crippen molar-refractivity contribution in [2.45, 2.75) is 33.3 Å². The van der Waals surface area contributed by atoms with Gasteiger partial charge in [0.15, 0.2) is 5.82 Å². The first kappa shape index (κ1) is 20.2. The van der Waals surface area contributed by atoms with E-state index >= 15 is 0 Å². The molecule has 1 heterocycles. The Hall–Kier alpha value is -3.55. The van der Waals surface area contributed by atoms with Crippen molar-refractivity contribution in [1.29, 1.82) is 0 Å². The molecule has 8 heteroatoms. The molecule has 1 aromatic heterocycles. The van der Waals surface area contributed by atoms with E-state index in [-0.39, 0.29) is 12.5 Å². The molecule has 0 aliphatic heterocycles. The van der Waals surface area contributed by atoms with Crippen molar-refractivity contribution in [3.8, 4) is 11.4 Å². The molecule has 0 aliphatic rings. The van der Waals surface area contributed by atoms with Gasteiger partial charge in [-0.25, -0.2) is 9.78 Å². The number of hydrogen-bond donors (Lipinski definition) is 3. The fraction of sp³-hybridized carbons (Fsp3) is 0.286. The standard InChI is InChI=1S/C21H24N4O4/c1-13-5-10-16-17(11-13)25(28)19(24-16)14-6-8-15(9-7-14)23-18(26)12-22-20(27)29-21(2,3)4/h5-11,28H,12H2,1-4H3,(H,22,27)(H,23,26). The molecule has 3 N–H and O–H groups in total. The first-order valence-corrected chi connectivity index (χ1v) is 9.18. The Morgan fingerprint density at radius 3 is 2.48 bits per heavy atom. The van der Waals surface area contributed by atoms with Crippen molar-refractivity contribution >= 4 is 28.7 Å². The van der Waals surface area contributed by atoms with Gasteiger partial charge in [-0.1, -0.05) is 6.07 Å². The lowest BCUT2D eigenvalue weighted by molar-refractivity contribution is -0.115. The van der Waals surface area contributed by atoms with E-state index in [9.17, 15) is 14.8 Å². The molecule has 0 bridgehead atoms. The number of carbonyl (C=O) groups excluding carboxylic acids is 2. The van der Waals surface area contributed by atoms with Crippen molar-refractivity contribution in [2.24, 2.45) is 0 Å². The Bertz CT molecular complexity index is 1050. The van der Waals surface area contributed by atoms with E-state index in [2.05, 4.69) is 15.6 Å². The summed E-state index contributed by atoms with van der Waals surface area (Å²) in [6, 6.07) is 12.5. The molecule has 2 aromatic carbocycles. The summed E-state index contributed by atoms with van der Waals surface area (Å²) >= 11 is 0. The second-order valence-corrected chi connectivity index (χ2v) is 7.72. The van der Waals surface area contributed by atoms with Crippen LogP contribution in [0.25, 0.3) is 22.4 Å². The van der Waals surface area contributed by atoms with Gasteiger partial charge < -0.3 is 20.6 Å². The molecule has 0 aliphatic carbocycles. The number of benzene rings is 2. The molecule has 29 heavy (non-hydrogen) atoms. The number of nitrogens with zero attached hydrogens (tertiary/aromatic N) is 2. The molecule has 0 saturated carbocycles. The zero-order valence-electron chi connectivity index (χ0n) is 16.8. The fourth-order valence-electron chi connectivity index (χ4n) is 2.73. The van der Waals surface area contributed by atoms with E-state index in [1.54, 1.807) is 45.0 Å². The number of carbonyl (C=O) groups is 2. The number of hydrogen-bond acceptors (Lipinski definition) is 5. The van der Waals surface area contributed by atoms with E-state index in [4.69, 9.17) is 4.74 Å². The number of anilines is 1. The summed E-state index contributed by atoms with van der Waals surface area (Å²) in [5.41, 5.74) is 2.98. The van der Waals surface area contributed by atoms with Crippen molar-refractivity contribution in [3.05, 3.63) is 48.0 Å². The van der Waals surface area contributed by atoms with E-state index in [1.807, 2.05) is 25.1 Å². The van der Waals surface area contributed by atoms with Crippen molar-refractivity contribution in [2.75, 3.05) is 11.9 Å². The van der Waals surface area contributed by atoms with Crippen molar-refractivity contribution in [1.82, 2.24) is 15.0 Å². The third-order valence-electron chi connectivity index (χ3n) is 4.01. The number of aryl methyl sites for hydroxylation is 1. The topological polar surface area (TPSA) is 105 Å². The van der Waals surface area contributed by atoms with Gasteiger partial charge in [-0.2, -0.15) is 4.73 Å². The molecule has 0 fully saturated rings. The highest BCUT2D eigenvalue weighted by molar-refractivity contribution is 5.94. The summed E-state index contributed by atoms with van der Waals surface area (Å²) in [6.07, 6.45) is -0.653. The van der Waals surface area contributed by atoms with Crippen LogP contribution in [0.4, 0.5) is 10.5 Å². The van der Waals surface area contributed by atoms with Gasteiger partial charge in [0, 0.05) is 11.3 Å². The fourth-order valence-corrected chi connectivity index (χ4v) is 2.73. The number of fused-ring (bicyclic) bond motifs is 1. The predicted octanol–water partition coefficient (Wildman–Crippen LogP) is 3.71. The summed E-state index contributed by atoms with van der Waals surface area (Å²) in [4.78, 5) is 28.1. The Balaban J connectivity index is 1.64. The molecule has 8 nitrogen and oxygen atoms in total. The van der Waals surface area contributed by atoms with Gasteiger partial charge in [0.25, 0.3) is 0 Å². The number of ether oxygens (including phenoxy) is 1. The summed E-state index contributed by atoms with van der Waals surface area (Å²) in [6.45, 7) is 6.98. The molecule has 0 radical (unpaired) electrons. The van der Waals surface area contributed by atoms with E-state index in [0.29, 0.717) is 28.1 Å². The minimum Gasteiger partial charge on any atom is -0.444 e. The summed E-state index contributed by atoms with van der Waals surface area (Å²) in [5.74, 6) is 0.0311. The second kappa shape index (κ2) is 7.83. The largest absolute Gasteiger partial charge is 0.444 e. The Morgan fingerprint density at radius 2 is 1.83 bits per heavy atom. The Labute approximate surface area is 168 Å². The first-order valence-electron chi connectivity index (χ1n) is 9.18. The highest BCUT2D eigenvalue weighted by Gasteiger charge is 2.17. The van der Waals surface area contributed by atoms with Gasteiger partial charge in [0.05, 0.1) is 5.52 Å². The number of amides is 2. The molecule has 152 valence electrons. The number of nitrogens with one attached hydrogen (secondary N) is 2. The van der Waals surface area contributed by atoms with E-state index < -0.39 is 11.7 Å². The van der Waals surface area contributed by atoms with Crippen LogP contribution in [-0.4, -0.2) is 39.1 Å². The number of aromatic nitrogens is 2. The molecule has 2 amide bonds. The van der Waals surface area contributed by atoms with Crippen LogP contribution >= 0.6 is 0 Å². The van der Waals surface area contributed by atoms with E-state index in [1.165, 1.54) is 0 Å². The quantitative estimate of drug-likeness (QED) is 0.583. The molecule has 0 atom stereocenters. The van der Waals surface area contributed by atoms with Crippen LogP contribution in [-0.2, 0) is 9.53 Å². The van der Waals surface area contributed by atoms with Crippen LogP contribution in [0.2, 0.25) is 0 Å².